The van der Waals surface area contributed by atoms with Crippen LogP contribution in [-0.4, -0.2) is 49.8 Å². The highest BCUT2D eigenvalue weighted by molar-refractivity contribution is 5.67. The molecule has 0 rings (SSSR count). The van der Waals surface area contributed by atoms with Crippen molar-refractivity contribution in [1.82, 2.24) is 9.91 Å². The zero-order valence-electron chi connectivity index (χ0n) is 7.91. The number of hydrogen-bond acceptors (Lipinski definition) is 4. The number of rotatable bonds is 4. The van der Waals surface area contributed by atoms with Gasteiger partial charge in [-0.05, 0) is 6.92 Å². The number of likely N-dealkylation sites (N-methyl/N-ethyl adjacent to an activating group) is 2. The van der Waals surface area contributed by atoms with E-state index < -0.39 is 0 Å². The summed E-state index contributed by atoms with van der Waals surface area (Å²) < 4.78 is 4.76. The van der Waals surface area contributed by atoms with Gasteiger partial charge in [-0.15, -0.1) is 0 Å². The molecular weight excluding hydrogens is 158 g/mol. The van der Waals surface area contributed by atoms with Gasteiger partial charge in [-0.2, -0.15) is 0 Å². The van der Waals surface area contributed by atoms with Crippen LogP contribution in [-0.2, 0) is 4.74 Å². The van der Waals surface area contributed by atoms with Crippen LogP contribution in [0, 0.1) is 0 Å². The third kappa shape index (κ3) is 4.92. The van der Waals surface area contributed by atoms with Gasteiger partial charge in [0.05, 0.1) is 6.61 Å². The van der Waals surface area contributed by atoms with E-state index in [1.165, 1.54) is 9.91 Å². The van der Waals surface area contributed by atoms with Gasteiger partial charge in [-0.3, -0.25) is 5.84 Å². The van der Waals surface area contributed by atoms with Crippen LogP contribution >= 0.6 is 0 Å². The third-order valence-electron chi connectivity index (χ3n) is 1.37. The Kier molecular flexibility index (Phi) is 5.40. The summed E-state index contributed by atoms with van der Waals surface area (Å²) in [5, 5.41) is 1.52. The maximum atomic E-state index is 11.0. The Morgan fingerprint density at radius 1 is 1.42 bits per heavy atom. The van der Waals surface area contributed by atoms with Crippen molar-refractivity contribution in [2.24, 2.45) is 5.84 Å². The van der Waals surface area contributed by atoms with Gasteiger partial charge < -0.3 is 9.64 Å². The average molecular weight is 175 g/mol. The van der Waals surface area contributed by atoms with E-state index in [1.807, 2.05) is 0 Å². The number of hydrazine groups is 1. The zero-order valence-corrected chi connectivity index (χ0v) is 7.91. The van der Waals surface area contributed by atoms with E-state index >= 15 is 0 Å². The Morgan fingerprint density at radius 2 is 2.00 bits per heavy atom. The second-order valence-corrected chi connectivity index (χ2v) is 2.60. The second-order valence-electron chi connectivity index (χ2n) is 2.60. The maximum absolute atomic E-state index is 11.0. The molecule has 0 aromatic rings. The van der Waals surface area contributed by atoms with Gasteiger partial charge >= 0.3 is 6.09 Å². The van der Waals surface area contributed by atoms with Gasteiger partial charge in [0.2, 0.25) is 0 Å². The highest BCUT2D eigenvalue weighted by Gasteiger charge is 2.07. The molecule has 0 bridgehead atoms. The van der Waals surface area contributed by atoms with Crippen LogP contribution in [0.25, 0.3) is 0 Å². The molecule has 0 aliphatic carbocycles. The SMILES string of the molecule is CCOC(=O)N(C)CCN(C)N. The first-order chi connectivity index (χ1) is 5.57. The number of hydrogen-bond donors (Lipinski definition) is 1. The Bertz CT molecular complexity index is 139. The minimum absolute atomic E-state index is 0.306. The summed E-state index contributed by atoms with van der Waals surface area (Å²) in [6, 6.07) is 0. The number of ether oxygens (including phenoxy) is 1. The van der Waals surface area contributed by atoms with Crippen molar-refractivity contribution in [1.29, 1.82) is 0 Å². The first-order valence-electron chi connectivity index (χ1n) is 3.91. The molecule has 1 amide bonds. The summed E-state index contributed by atoms with van der Waals surface area (Å²) in [6.07, 6.45) is -0.306. The lowest BCUT2D eigenvalue weighted by Crippen LogP contribution is -2.37. The summed E-state index contributed by atoms with van der Waals surface area (Å²) in [4.78, 5) is 12.5. The quantitative estimate of drug-likeness (QED) is 0.478. The van der Waals surface area contributed by atoms with Gasteiger partial charge in [0.25, 0.3) is 0 Å². The molecule has 5 nitrogen and oxygen atoms in total. The molecule has 72 valence electrons. The number of nitrogens with two attached hydrogens (primary N) is 1. The molecule has 0 heterocycles. The van der Waals surface area contributed by atoms with Crippen molar-refractivity contribution in [3.63, 3.8) is 0 Å². The van der Waals surface area contributed by atoms with Gasteiger partial charge in [0, 0.05) is 27.2 Å². The van der Waals surface area contributed by atoms with Crippen molar-refractivity contribution in [2.45, 2.75) is 6.92 Å². The third-order valence-corrected chi connectivity index (χ3v) is 1.37. The summed E-state index contributed by atoms with van der Waals surface area (Å²) in [5.74, 6) is 5.37. The van der Waals surface area contributed by atoms with E-state index in [0.717, 1.165) is 0 Å². The zero-order chi connectivity index (χ0) is 9.56. The summed E-state index contributed by atoms with van der Waals surface area (Å²) >= 11 is 0. The molecule has 0 saturated carbocycles. The lowest BCUT2D eigenvalue weighted by Gasteiger charge is -2.18. The molecule has 0 aromatic heterocycles. The number of carbonyl (C=O) groups excluding carboxylic acids is 1. The average Bonchev–Trinajstić information content (AvgIpc) is 2.00. The number of nitrogens with zero attached hydrogens (tertiary/aromatic N) is 2. The van der Waals surface area contributed by atoms with Gasteiger partial charge in [-0.25, -0.2) is 9.80 Å². The molecular formula is C7H17N3O2. The highest BCUT2D eigenvalue weighted by Crippen LogP contribution is 1.89. The van der Waals surface area contributed by atoms with Gasteiger partial charge in [0.1, 0.15) is 0 Å². The Balaban J connectivity index is 3.56. The summed E-state index contributed by atoms with van der Waals surface area (Å²) in [7, 11) is 3.43. The molecule has 0 aromatic carbocycles. The predicted octanol–water partition coefficient (Wildman–Crippen LogP) is -0.120. The van der Waals surface area contributed by atoms with E-state index in [2.05, 4.69) is 0 Å². The van der Waals surface area contributed by atoms with Crippen molar-refractivity contribution in [3.05, 3.63) is 0 Å². The maximum Gasteiger partial charge on any atom is 0.409 e. The smallest absolute Gasteiger partial charge is 0.409 e. The van der Waals surface area contributed by atoms with Gasteiger partial charge in [-0.1, -0.05) is 0 Å². The van der Waals surface area contributed by atoms with Crippen molar-refractivity contribution in [3.8, 4) is 0 Å². The molecule has 0 atom stereocenters. The molecule has 0 fully saturated rings. The molecule has 0 saturated heterocycles. The van der Waals surface area contributed by atoms with Crippen molar-refractivity contribution in [2.75, 3.05) is 33.8 Å². The summed E-state index contributed by atoms with van der Waals surface area (Å²) in [5.41, 5.74) is 0. The Hall–Kier alpha value is -0.810. The first-order valence-corrected chi connectivity index (χ1v) is 3.91. The number of amides is 1. The largest absolute Gasteiger partial charge is 0.450 e. The topological polar surface area (TPSA) is 58.8 Å². The van der Waals surface area contributed by atoms with Crippen molar-refractivity contribution < 1.29 is 9.53 Å². The minimum Gasteiger partial charge on any atom is -0.450 e. The molecule has 5 heteroatoms. The van der Waals surface area contributed by atoms with Crippen LogP contribution in [0.15, 0.2) is 0 Å². The second kappa shape index (κ2) is 5.79. The van der Waals surface area contributed by atoms with Crippen LogP contribution in [0.5, 0.6) is 0 Å². The Labute approximate surface area is 73.0 Å². The van der Waals surface area contributed by atoms with E-state index in [4.69, 9.17) is 10.6 Å². The molecule has 0 unspecified atom stereocenters. The summed E-state index contributed by atoms with van der Waals surface area (Å²) in [6.45, 7) is 3.39. The first kappa shape index (κ1) is 11.2. The number of carbonyl (C=O) groups is 1. The highest BCUT2D eigenvalue weighted by atomic mass is 16.5. The fraction of sp³-hybridized carbons (Fsp3) is 0.857. The van der Waals surface area contributed by atoms with Crippen LogP contribution in [0.3, 0.4) is 0 Å². The van der Waals surface area contributed by atoms with E-state index in [1.54, 1.807) is 21.0 Å². The van der Waals surface area contributed by atoms with Crippen LogP contribution in [0.2, 0.25) is 0 Å². The molecule has 0 aliphatic rings. The van der Waals surface area contributed by atoms with Crippen LogP contribution < -0.4 is 5.84 Å². The van der Waals surface area contributed by atoms with Crippen LogP contribution in [0.1, 0.15) is 6.92 Å². The van der Waals surface area contributed by atoms with Gasteiger partial charge in [0.15, 0.2) is 0 Å². The van der Waals surface area contributed by atoms with E-state index in [0.29, 0.717) is 19.7 Å². The fourth-order valence-corrected chi connectivity index (χ4v) is 0.633. The molecule has 0 radical (unpaired) electrons. The molecule has 0 aliphatic heterocycles. The van der Waals surface area contributed by atoms with E-state index in [-0.39, 0.29) is 6.09 Å². The fourth-order valence-electron chi connectivity index (χ4n) is 0.633. The standard InChI is InChI=1S/C7H17N3O2/c1-4-12-7(11)9(2)5-6-10(3)8/h4-6,8H2,1-3H3. The molecule has 2 N–H and O–H groups in total. The predicted molar refractivity (Wildman–Crippen MR) is 46.5 cm³/mol. The minimum atomic E-state index is -0.306. The van der Waals surface area contributed by atoms with Crippen molar-refractivity contribution >= 4 is 6.09 Å². The Morgan fingerprint density at radius 3 is 2.42 bits per heavy atom. The lowest BCUT2D eigenvalue weighted by molar-refractivity contribution is 0.113. The molecule has 0 spiro atoms. The molecule has 12 heavy (non-hydrogen) atoms. The normalized spacial score (nSPS) is 10.1. The van der Waals surface area contributed by atoms with Crippen LogP contribution in [0.4, 0.5) is 4.79 Å². The van der Waals surface area contributed by atoms with E-state index in [9.17, 15) is 4.79 Å². The monoisotopic (exact) mass is 175 g/mol. The lowest BCUT2D eigenvalue weighted by atomic mass is 10.5.